The number of aromatic nitrogens is 1. The molecule has 1 heterocycles. The van der Waals surface area contributed by atoms with Gasteiger partial charge in [-0.1, -0.05) is 23.7 Å². The second kappa shape index (κ2) is 4.09. The molecular weight excluding hydrogens is 218 g/mol. The van der Waals surface area contributed by atoms with E-state index in [1.54, 1.807) is 0 Å². The van der Waals surface area contributed by atoms with E-state index in [0.29, 0.717) is 10.7 Å². The van der Waals surface area contributed by atoms with Gasteiger partial charge in [-0.25, -0.2) is 4.98 Å². The van der Waals surface area contributed by atoms with Gasteiger partial charge in [-0.05, 0) is 12.1 Å². The summed E-state index contributed by atoms with van der Waals surface area (Å²) < 4.78 is 0. The summed E-state index contributed by atoms with van der Waals surface area (Å²) in [4.78, 5) is 4.25. The van der Waals surface area contributed by atoms with Gasteiger partial charge in [-0.15, -0.1) is 11.3 Å². The van der Waals surface area contributed by atoms with E-state index in [-0.39, 0.29) is 6.61 Å². The first kappa shape index (κ1) is 9.65. The second-order valence-electron chi connectivity index (χ2n) is 2.81. The molecule has 0 bridgehead atoms. The quantitative estimate of drug-likeness (QED) is 0.853. The number of aliphatic hydroxyl groups excluding tert-OH is 1. The third-order valence-corrected chi connectivity index (χ3v) is 3.00. The third kappa shape index (κ3) is 1.95. The van der Waals surface area contributed by atoms with Gasteiger partial charge in [-0.3, -0.25) is 0 Å². The van der Waals surface area contributed by atoms with Gasteiger partial charge < -0.3 is 5.11 Å². The van der Waals surface area contributed by atoms with Crippen LogP contribution >= 0.6 is 22.9 Å². The summed E-state index contributed by atoms with van der Waals surface area (Å²) in [6.07, 6.45) is 0. The summed E-state index contributed by atoms with van der Waals surface area (Å²) in [6, 6.07) is 7.50. The maximum absolute atomic E-state index is 8.87. The molecule has 0 atom stereocenters. The number of halogens is 1. The van der Waals surface area contributed by atoms with Crippen LogP contribution in [0, 0.1) is 0 Å². The van der Waals surface area contributed by atoms with Crippen molar-refractivity contribution in [1.82, 2.24) is 4.98 Å². The first-order chi connectivity index (χ1) is 6.79. The fourth-order valence-electron chi connectivity index (χ4n) is 1.10. The third-order valence-electron chi connectivity index (χ3n) is 1.80. The SMILES string of the molecule is OCc1csc(-c2ccc(Cl)cc2)n1. The number of aliphatic hydroxyl groups is 1. The van der Waals surface area contributed by atoms with E-state index in [4.69, 9.17) is 16.7 Å². The van der Waals surface area contributed by atoms with E-state index in [9.17, 15) is 0 Å². The summed E-state index contributed by atoms with van der Waals surface area (Å²) in [5, 5.41) is 12.3. The Bertz CT molecular complexity index is 424. The Morgan fingerprint density at radius 3 is 2.57 bits per heavy atom. The van der Waals surface area contributed by atoms with Gasteiger partial charge in [0.05, 0.1) is 12.3 Å². The molecule has 0 unspecified atom stereocenters. The minimum absolute atomic E-state index is 0.00983. The van der Waals surface area contributed by atoms with Gasteiger partial charge >= 0.3 is 0 Å². The van der Waals surface area contributed by atoms with Gasteiger partial charge in [-0.2, -0.15) is 0 Å². The van der Waals surface area contributed by atoms with Crippen molar-refractivity contribution in [3.05, 3.63) is 40.4 Å². The predicted octanol–water partition coefficient (Wildman–Crippen LogP) is 2.96. The van der Waals surface area contributed by atoms with Crippen LogP contribution in [0.15, 0.2) is 29.6 Å². The standard InChI is InChI=1S/C10H8ClNOS/c11-8-3-1-7(2-4-8)10-12-9(5-13)6-14-10/h1-4,6,13H,5H2. The molecule has 14 heavy (non-hydrogen) atoms. The number of hydrogen-bond acceptors (Lipinski definition) is 3. The van der Waals surface area contributed by atoms with Crippen molar-refractivity contribution >= 4 is 22.9 Å². The molecule has 72 valence electrons. The average molecular weight is 226 g/mol. The molecule has 2 nitrogen and oxygen atoms in total. The zero-order valence-electron chi connectivity index (χ0n) is 7.27. The molecule has 1 N–H and O–H groups in total. The van der Waals surface area contributed by atoms with E-state index in [1.807, 2.05) is 29.6 Å². The number of nitrogens with zero attached hydrogens (tertiary/aromatic N) is 1. The zero-order valence-corrected chi connectivity index (χ0v) is 8.85. The lowest BCUT2D eigenvalue weighted by Crippen LogP contribution is -1.82. The second-order valence-corrected chi connectivity index (χ2v) is 4.10. The lowest BCUT2D eigenvalue weighted by molar-refractivity contribution is 0.278. The Kier molecular flexibility index (Phi) is 2.82. The van der Waals surface area contributed by atoms with E-state index >= 15 is 0 Å². The molecule has 0 saturated carbocycles. The highest BCUT2D eigenvalue weighted by Crippen LogP contribution is 2.24. The molecule has 0 aliphatic carbocycles. The number of hydrogen-bond donors (Lipinski definition) is 1. The summed E-state index contributed by atoms with van der Waals surface area (Å²) in [6.45, 7) is -0.00983. The van der Waals surface area contributed by atoms with E-state index < -0.39 is 0 Å². The molecular formula is C10H8ClNOS. The molecule has 2 rings (SSSR count). The van der Waals surface area contributed by atoms with Crippen molar-refractivity contribution in [3.8, 4) is 10.6 Å². The van der Waals surface area contributed by atoms with E-state index in [2.05, 4.69) is 4.98 Å². The monoisotopic (exact) mass is 225 g/mol. The van der Waals surface area contributed by atoms with Crippen molar-refractivity contribution in [2.24, 2.45) is 0 Å². The Balaban J connectivity index is 2.34. The first-order valence-electron chi connectivity index (χ1n) is 4.11. The first-order valence-corrected chi connectivity index (χ1v) is 5.36. The molecule has 0 amide bonds. The highest BCUT2D eigenvalue weighted by atomic mass is 35.5. The predicted molar refractivity (Wildman–Crippen MR) is 58.5 cm³/mol. The Morgan fingerprint density at radius 2 is 2.00 bits per heavy atom. The minimum Gasteiger partial charge on any atom is -0.390 e. The average Bonchev–Trinajstić information content (AvgIpc) is 2.67. The van der Waals surface area contributed by atoms with Crippen molar-refractivity contribution in [1.29, 1.82) is 0 Å². The summed E-state index contributed by atoms with van der Waals surface area (Å²) in [5.41, 5.74) is 1.74. The summed E-state index contributed by atoms with van der Waals surface area (Å²) in [7, 11) is 0. The van der Waals surface area contributed by atoms with Gasteiger partial charge in [0.15, 0.2) is 0 Å². The Labute approximate surface area is 90.8 Å². The Morgan fingerprint density at radius 1 is 1.29 bits per heavy atom. The molecule has 0 radical (unpaired) electrons. The van der Waals surface area contributed by atoms with Crippen LogP contribution in [0.25, 0.3) is 10.6 Å². The van der Waals surface area contributed by atoms with Gasteiger partial charge in [0, 0.05) is 16.0 Å². The largest absolute Gasteiger partial charge is 0.390 e. The lowest BCUT2D eigenvalue weighted by Gasteiger charge is -1.95. The lowest BCUT2D eigenvalue weighted by atomic mass is 10.2. The smallest absolute Gasteiger partial charge is 0.123 e. The van der Waals surface area contributed by atoms with Crippen molar-refractivity contribution in [2.75, 3.05) is 0 Å². The maximum Gasteiger partial charge on any atom is 0.123 e. The maximum atomic E-state index is 8.87. The highest BCUT2D eigenvalue weighted by molar-refractivity contribution is 7.13. The van der Waals surface area contributed by atoms with Crippen LogP contribution in [0.5, 0.6) is 0 Å². The fourth-order valence-corrected chi connectivity index (χ4v) is 2.05. The molecule has 0 aliphatic heterocycles. The van der Waals surface area contributed by atoms with Crippen LogP contribution in [-0.4, -0.2) is 10.1 Å². The summed E-state index contributed by atoms with van der Waals surface area (Å²) in [5.74, 6) is 0. The van der Waals surface area contributed by atoms with Crippen LogP contribution in [0.1, 0.15) is 5.69 Å². The highest BCUT2D eigenvalue weighted by Gasteiger charge is 2.03. The zero-order chi connectivity index (χ0) is 9.97. The topological polar surface area (TPSA) is 33.1 Å². The molecule has 1 aromatic heterocycles. The Hall–Kier alpha value is -0.900. The van der Waals surface area contributed by atoms with Crippen LogP contribution in [-0.2, 0) is 6.61 Å². The number of benzene rings is 1. The van der Waals surface area contributed by atoms with Crippen LogP contribution in [0.2, 0.25) is 5.02 Å². The minimum atomic E-state index is -0.00983. The van der Waals surface area contributed by atoms with E-state index in [0.717, 1.165) is 10.6 Å². The van der Waals surface area contributed by atoms with Crippen molar-refractivity contribution in [3.63, 3.8) is 0 Å². The van der Waals surface area contributed by atoms with Crippen molar-refractivity contribution in [2.45, 2.75) is 6.61 Å². The van der Waals surface area contributed by atoms with E-state index in [1.165, 1.54) is 11.3 Å². The molecule has 0 saturated heterocycles. The molecule has 0 fully saturated rings. The van der Waals surface area contributed by atoms with Crippen LogP contribution in [0.3, 0.4) is 0 Å². The van der Waals surface area contributed by atoms with Gasteiger partial charge in [0.2, 0.25) is 0 Å². The number of thiazole rings is 1. The molecule has 0 spiro atoms. The van der Waals surface area contributed by atoms with Crippen molar-refractivity contribution < 1.29 is 5.11 Å². The molecule has 2 aromatic rings. The van der Waals surface area contributed by atoms with Gasteiger partial charge in [0.1, 0.15) is 5.01 Å². The molecule has 0 aliphatic rings. The molecule has 4 heteroatoms. The van der Waals surface area contributed by atoms with Gasteiger partial charge in [0.25, 0.3) is 0 Å². The normalized spacial score (nSPS) is 10.4. The molecule has 1 aromatic carbocycles. The summed E-state index contributed by atoms with van der Waals surface area (Å²) >= 11 is 7.29. The van der Waals surface area contributed by atoms with Crippen LogP contribution in [0.4, 0.5) is 0 Å². The van der Waals surface area contributed by atoms with Crippen LogP contribution < -0.4 is 0 Å². The number of rotatable bonds is 2. The fraction of sp³-hybridized carbons (Fsp3) is 0.100.